The summed E-state index contributed by atoms with van der Waals surface area (Å²) in [5.41, 5.74) is 0.839. The minimum atomic E-state index is -0.430. The van der Waals surface area contributed by atoms with Crippen LogP contribution in [0.15, 0.2) is 16.7 Å². The van der Waals surface area contributed by atoms with Crippen molar-refractivity contribution < 1.29 is 18.7 Å². The first-order valence-corrected chi connectivity index (χ1v) is 6.68. The van der Waals surface area contributed by atoms with Gasteiger partial charge in [0.1, 0.15) is 0 Å². The highest BCUT2D eigenvalue weighted by Gasteiger charge is 2.21. The number of rotatable bonds is 5. The highest BCUT2D eigenvalue weighted by Crippen LogP contribution is 2.19. The van der Waals surface area contributed by atoms with Crippen LogP contribution in [-0.4, -0.2) is 32.3 Å². The van der Waals surface area contributed by atoms with E-state index in [0.717, 1.165) is 31.6 Å². The smallest absolute Gasteiger partial charge is 0.374 e. The molecule has 0 aromatic carbocycles. The first-order chi connectivity index (χ1) is 9.22. The minimum absolute atomic E-state index is 0.286. The summed E-state index contributed by atoms with van der Waals surface area (Å²) in [6.07, 6.45) is 3.69. The van der Waals surface area contributed by atoms with Gasteiger partial charge in [-0.05, 0) is 31.7 Å². The third kappa shape index (κ3) is 3.58. The van der Waals surface area contributed by atoms with E-state index in [4.69, 9.17) is 9.15 Å². The van der Waals surface area contributed by atoms with Gasteiger partial charge in [0.2, 0.25) is 5.76 Å². The second-order valence-corrected chi connectivity index (χ2v) is 4.89. The molecule has 0 saturated carbocycles. The van der Waals surface area contributed by atoms with Gasteiger partial charge in [0.05, 0.1) is 13.4 Å². The molecule has 1 fully saturated rings. The molecule has 0 spiro atoms. The van der Waals surface area contributed by atoms with Gasteiger partial charge in [-0.2, -0.15) is 0 Å². The molecule has 0 bridgehead atoms. The van der Waals surface area contributed by atoms with Crippen LogP contribution in [0.5, 0.6) is 0 Å². The van der Waals surface area contributed by atoms with Crippen LogP contribution >= 0.6 is 0 Å². The lowest BCUT2D eigenvalue weighted by Gasteiger charge is -2.28. The molecule has 5 heteroatoms. The maximum Gasteiger partial charge on any atom is 0.374 e. The Balaban J connectivity index is 1.87. The van der Waals surface area contributed by atoms with Gasteiger partial charge < -0.3 is 19.2 Å². The molecule has 1 aromatic heterocycles. The van der Waals surface area contributed by atoms with Crippen molar-refractivity contribution in [3.05, 3.63) is 23.7 Å². The molecule has 5 nitrogen and oxygen atoms in total. The van der Waals surface area contributed by atoms with E-state index in [-0.39, 0.29) is 5.76 Å². The Kier molecular flexibility index (Phi) is 4.99. The maximum absolute atomic E-state index is 11.5. The van der Waals surface area contributed by atoms with Crippen molar-refractivity contribution in [2.45, 2.75) is 32.4 Å². The van der Waals surface area contributed by atoms with Crippen LogP contribution in [0.3, 0.4) is 0 Å². The summed E-state index contributed by atoms with van der Waals surface area (Å²) in [6, 6.07) is 2.19. The Bertz CT molecular complexity index is 409. The molecule has 106 valence electrons. The number of ether oxygens (including phenoxy) is 2. The van der Waals surface area contributed by atoms with Crippen molar-refractivity contribution in [2.24, 2.45) is 5.92 Å². The molecular formula is C14H21NO4. The number of furan rings is 1. The maximum atomic E-state index is 11.5. The first-order valence-electron chi connectivity index (χ1n) is 6.68. The average molecular weight is 267 g/mol. The SMILES string of the molecule is COC(=O)c1occc1CNC(C)C1CCOCC1. The molecule has 0 aliphatic carbocycles. The molecule has 2 rings (SSSR count). The minimum Gasteiger partial charge on any atom is -0.463 e. The van der Waals surface area contributed by atoms with E-state index >= 15 is 0 Å². The van der Waals surface area contributed by atoms with Crippen LogP contribution in [0.4, 0.5) is 0 Å². The fraction of sp³-hybridized carbons (Fsp3) is 0.643. The summed E-state index contributed by atoms with van der Waals surface area (Å²) in [5, 5.41) is 3.45. The van der Waals surface area contributed by atoms with Crippen LogP contribution in [0.25, 0.3) is 0 Å². The molecule has 19 heavy (non-hydrogen) atoms. The molecule has 0 amide bonds. The molecule has 1 unspecified atom stereocenters. The molecule has 1 N–H and O–H groups in total. The van der Waals surface area contributed by atoms with E-state index in [1.54, 1.807) is 6.07 Å². The zero-order valence-electron chi connectivity index (χ0n) is 11.5. The van der Waals surface area contributed by atoms with E-state index < -0.39 is 5.97 Å². The molecular weight excluding hydrogens is 246 g/mol. The molecule has 0 radical (unpaired) electrons. The molecule has 1 atom stereocenters. The van der Waals surface area contributed by atoms with Gasteiger partial charge in [-0.25, -0.2) is 4.79 Å². The summed E-state index contributed by atoms with van der Waals surface area (Å²) in [4.78, 5) is 11.5. The van der Waals surface area contributed by atoms with E-state index in [2.05, 4.69) is 17.0 Å². The Morgan fingerprint density at radius 1 is 1.53 bits per heavy atom. The van der Waals surface area contributed by atoms with Crippen LogP contribution in [0.2, 0.25) is 0 Å². The Morgan fingerprint density at radius 2 is 2.26 bits per heavy atom. The zero-order valence-corrected chi connectivity index (χ0v) is 11.5. The molecule has 1 aromatic rings. The van der Waals surface area contributed by atoms with Crippen molar-refractivity contribution in [2.75, 3.05) is 20.3 Å². The summed E-state index contributed by atoms with van der Waals surface area (Å²) >= 11 is 0. The van der Waals surface area contributed by atoms with Gasteiger partial charge in [-0.3, -0.25) is 0 Å². The largest absolute Gasteiger partial charge is 0.463 e. The number of carbonyl (C=O) groups excluding carboxylic acids is 1. The van der Waals surface area contributed by atoms with Gasteiger partial charge in [-0.1, -0.05) is 0 Å². The van der Waals surface area contributed by atoms with E-state index in [1.165, 1.54) is 13.4 Å². The van der Waals surface area contributed by atoms with E-state index in [9.17, 15) is 4.79 Å². The Hall–Kier alpha value is -1.33. The summed E-state index contributed by atoms with van der Waals surface area (Å²) < 4.78 is 15.2. The quantitative estimate of drug-likeness (QED) is 0.826. The van der Waals surface area contributed by atoms with Crippen LogP contribution < -0.4 is 5.32 Å². The monoisotopic (exact) mass is 267 g/mol. The summed E-state index contributed by atoms with van der Waals surface area (Å²) in [6.45, 7) is 4.47. The van der Waals surface area contributed by atoms with E-state index in [0.29, 0.717) is 18.5 Å². The van der Waals surface area contributed by atoms with Crippen molar-refractivity contribution in [3.8, 4) is 0 Å². The Morgan fingerprint density at radius 3 is 2.95 bits per heavy atom. The third-order valence-corrected chi connectivity index (χ3v) is 3.71. The average Bonchev–Trinajstić information content (AvgIpc) is 2.93. The number of nitrogens with one attached hydrogen (secondary N) is 1. The second-order valence-electron chi connectivity index (χ2n) is 4.89. The normalized spacial score (nSPS) is 18.2. The number of hydrogen-bond acceptors (Lipinski definition) is 5. The number of hydrogen-bond donors (Lipinski definition) is 1. The fourth-order valence-electron chi connectivity index (χ4n) is 2.40. The van der Waals surface area contributed by atoms with Crippen molar-refractivity contribution in [1.29, 1.82) is 0 Å². The molecule has 2 heterocycles. The topological polar surface area (TPSA) is 60.7 Å². The van der Waals surface area contributed by atoms with Crippen molar-refractivity contribution >= 4 is 5.97 Å². The number of methoxy groups -OCH3 is 1. The standard InChI is InChI=1S/C14H21NO4/c1-10(11-3-6-18-7-4-11)15-9-12-5-8-19-13(12)14(16)17-2/h5,8,10-11,15H,3-4,6-7,9H2,1-2H3. The Labute approximate surface area is 113 Å². The van der Waals surface area contributed by atoms with Gasteiger partial charge in [0.25, 0.3) is 0 Å². The van der Waals surface area contributed by atoms with Gasteiger partial charge in [-0.15, -0.1) is 0 Å². The fourth-order valence-corrected chi connectivity index (χ4v) is 2.40. The number of carbonyl (C=O) groups is 1. The van der Waals surface area contributed by atoms with Crippen LogP contribution in [0, 0.1) is 5.92 Å². The summed E-state index contributed by atoms with van der Waals surface area (Å²) in [7, 11) is 1.35. The van der Waals surface area contributed by atoms with Crippen molar-refractivity contribution in [1.82, 2.24) is 5.32 Å². The second kappa shape index (κ2) is 6.73. The zero-order chi connectivity index (χ0) is 13.7. The third-order valence-electron chi connectivity index (χ3n) is 3.71. The van der Waals surface area contributed by atoms with Gasteiger partial charge in [0.15, 0.2) is 0 Å². The highest BCUT2D eigenvalue weighted by molar-refractivity contribution is 5.87. The van der Waals surface area contributed by atoms with E-state index in [1.807, 2.05) is 0 Å². The lowest BCUT2D eigenvalue weighted by molar-refractivity contribution is 0.0551. The van der Waals surface area contributed by atoms with Crippen LogP contribution in [-0.2, 0) is 16.0 Å². The predicted octanol–water partition coefficient (Wildman–Crippen LogP) is 1.97. The molecule has 1 aliphatic rings. The van der Waals surface area contributed by atoms with Crippen molar-refractivity contribution in [3.63, 3.8) is 0 Å². The molecule has 1 aliphatic heterocycles. The lowest BCUT2D eigenvalue weighted by Crippen LogP contribution is -2.36. The summed E-state index contributed by atoms with van der Waals surface area (Å²) in [5.74, 6) is 0.483. The van der Waals surface area contributed by atoms with Crippen LogP contribution in [0.1, 0.15) is 35.9 Å². The van der Waals surface area contributed by atoms with Gasteiger partial charge in [0, 0.05) is 31.4 Å². The number of esters is 1. The molecule has 1 saturated heterocycles. The predicted molar refractivity (Wildman–Crippen MR) is 69.9 cm³/mol. The van der Waals surface area contributed by atoms with Gasteiger partial charge >= 0.3 is 5.97 Å². The highest BCUT2D eigenvalue weighted by atomic mass is 16.5. The first kappa shape index (κ1) is 14.1. The lowest BCUT2D eigenvalue weighted by atomic mass is 9.93.